The van der Waals surface area contributed by atoms with E-state index in [1.54, 1.807) is 6.92 Å². The number of rotatable bonds is 5. The van der Waals surface area contributed by atoms with Gasteiger partial charge in [0.1, 0.15) is 5.82 Å². The predicted molar refractivity (Wildman–Crippen MR) is 105 cm³/mol. The normalized spacial score (nSPS) is 14.5. The number of hydrogen-bond acceptors (Lipinski definition) is 5. The van der Waals surface area contributed by atoms with Crippen LogP contribution in [-0.4, -0.2) is 21.8 Å². The van der Waals surface area contributed by atoms with Gasteiger partial charge in [-0.15, -0.1) is 0 Å². The molecular weight excluding hydrogens is 324 g/mol. The Morgan fingerprint density at radius 1 is 1.00 bits per heavy atom. The van der Waals surface area contributed by atoms with Gasteiger partial charge in [-0.25, -0.2) is 4.98 Å². The minimum Gasteiger partial charge on any atom is -0.367 e. The summed E-state index contributed by atoms with van der Waals surface area (Å²) in [7, 11) is 0. The fraction of sp³-hybridized carbons (Fsp3) is 0.286. The van der Waals surface area contributed by atoms with E-state index < -0.39 is 0 Å². The fourth-order valence-corrected chi connectivity index (χ4v) is 3.42. The van der Waals surface area contributed by atoms with Gasteiger partial charge in [-0.1, -0.05) is 25.0 Å². The van der Waals surface area contributed by atoms with Crippen molar-refractivity contribution >= 4 is 34.1 Å². The van der Waals surface area contributed by atoms with E-state index in [9.17, 15) is 4.79 Å². The van der Waals surface area contributed by atoms with Crippen molar-refractivity contribution in [3.63, 3.8) is 0 Å². The maximum atomic E-state index is 11.4. The van der Waals surface area contributed by atoms with Gasteiger partial charge < -0.3 is 10.6 Å². The Morgan fingerprint density at radius 2 is 1.73 bits per heavy atom. The van der Waals surface area contributed by atoms with Crippen LogP contribution >= 0.6 is 0 Å². The zero-order valence-electron chi connectivity index (χ0n) is 14.8. The molecule has 3 aromatic rings. The number of Topliss-reactive ketones (excluding diaryl/α,β-unsaturated/α-hetero) is 1. The van der Waals surface area contributed by atoms with Crippen LogP contribution in [0.3, 0.4) is 0 Å². The second kappa shape index (κ2) is 7.12. The second-order valence-corrected chi connectivity index (χ2v) is 6.80. The lowest BCUT2D eigenvalue weighted by Crippen LogP contribution is -2.16. The van der Waals surface area contributed by atoms with Gasteiger partial charge in [0.25, 0.3) is 0 Å². The van der Waals surface area contributed by atoms with E-state index in [2.05, 4.69) is 21.7 Å². The third-order valence-corrected chi connectivity index (χ3v) is 4.85. The van der Waals surface area contributed by atoms with Crippen LogP contribution in [0.15, 0.2) is 48.5 Å². The van der Waals surface area contributed by atoms with Gasteiger partial charge in [0.2, 0.25) is 5.95 Å². The highest BCUT2D eigenvalue weighted by Crippen LogP contribution is 2.27. The first kappa shape index (κ1) is 16.5. The van der Waals surface area contributed by atoms with E-state index in [1.165, 1.54) is 25.7 Å². The third kappa shape index (κ3) is 3.52. The number of aromatic nitrogens is 2. The largest absolute Gasteiger partial charge is 0.367 e. The van der Waals surface area contributed by atoms with Crippen molar-refractivity contribution in [1.82, 2.24) is 9.97 Å². The summed E-state index contributed by atoms with van der Waals surface area (Å²) in [5, 5.41) is 7.89. The SMILES string of the molecule is CC(=O)c1ccc(Nc2nc(NC3CCCC3)c3ccccc3n2)cc1. The Hall–Kier alpha value is -2.95. The van der Waals surface area contributed by atoms with Gasteiger partial charge in [0.05, 0.1) is 5.52 Å². The summed E-state index contributed by atoms with van der Waals surface area (Å²) in [6, 6.07) is 15.9. The smallest absolute Gasteiger partial charge is 0.229 e. The number of para-hydroxylation sites is 1. The van der Waals surface area contributed by atoms with Crippen LogP contribution < -0.4 is 10.6 Å². The topological polar surface area (TPSA) is 66.9 Å². The van der Waals surface area contributed by atoms with Gasteiger partial charge in [0.15, 0.2) is 5.78 Å². The van der Waals surface area contributed by atoms with Crippen molar-refractivity contribution in [2.24, 2.45) is 0 Å². The zero-order chi connectivity index (χ0) is 17.9. The molecule has 0 atom stereocenters. The van der Waals surface area contributed by atoms with E-state index in [4.69, 9.17) is 4.98 Å². The lowest BCUT2D eigenvalue weighted by molar-refractivity contribution is 0.101. The zero-order valence-corrected chi connectivity index (χ0v) is 14.8. The van der Waals surface area contributed by atoms with E-state index in [0.717, 1.165) is 22.4 Å². The first-order chi connectivity index (χ1) is 12.7. The molecular formula is C21H22N4O. The van der Waals surface area contributed by atoms with Gasteiger partial charge in [-0.2, -0.15) is 4.98 Å². The third-order valence-electron chi connectivity index (χ3n) is 4.85. The molecule has 0 radical (unpaired) electrons. The number of carbonyl (C=O) groups excluding carboxylic acids is 1. The molecule has 5 nitrogen and oxygen atoms in total. The lowest BCUT2D eigenvalue weighted by atomic mass is 10.1. The Bertz CT molecular complexity index is 930. The summed E-state index contributed by atoms with van der Waals surface area (Å²) in [5.41, 5.74) is 2.46. The molecule has 0 aliphatic heterocycles. The molecule has 0 saturated heterocycles. The first-order valence-electron chi connectivity index (χ1n) is 9.10. The summed E-state index contributed by atoms with van der Waals surface area (Å²) in [5.74, 6) is 1.49. The van der Waals surface area contributed by atoms with Crippen LogP contribution in [0.1, 0.15) is 43.0 Å². The fourth-order valence-electron chi connectivity index (χ4n) is 3.42. The minimum absolute atomic E-state index is 0.0570. The molecule has 1 aliphatic carbocycles. The molecule has 5 heteroatoms. The molecule has 1 heterocycles. The van der Waals surface area contributed by atoms with E-state index >= 15 is 0 Å². The Labute approximate surface area is 152 Å². The van der Waals surface area contributed by atoms with E-state index in [0.29, 0.717) is 17.6 Å². The maximum absolute atomic E-state index is 11.4. The number of benzene rings is 2. The Kier molecular flexibility index (Phi) is 4.52. The summed E-state index contributed by atoms with van der Waals surface area (Å²) in [4.78, 5) is 20.8. The van der Waals surface area contributed by atoms with Crippen LogP contribution in [0.4, 0.5) is 17.5 Å². The molecule has 1 saturated carbocycles. The van der Waals surface area contributed by atoms with Gasteiger partial charge in [-0.05, 0) is 56.2 Å². The Balaban J connectivity index is 1.64. The summed E-state index contributed by atoms with van der Waals surface area (Å²) < 4.78 is 0. The standard InChI is InChI=1S/C21H22N4O/c1-14(26)15-10-12-17(13-11-15)23-21-24-19-9-5-4-8-18(19)20(25-21)22-16-6-2-3-7-16/h4-5,8-13,16H,2-3,6-7H2,1H3,(H2,22,23,24,25). The molecule has 132 valence electrons. The molecule has 4 rings (SSSR count). The van der Waals surface area contributed by atoms with Crippen LogP contribution in [0, 0.1) is 0 Å². The van der Waals surface area contributed by atoms with Gasteiger partial charge >= 0.3 is 0 Å². The molecule has 1 aromatic heterocycles. The van der Waals surface area contributed by atoms with Crippen molar-refractivity contribution in [3.05, 3.63) is 54.1 Å². The predicted octanol–water partition coefficient (Wildman–Crippen LogP) is 4.93. The molecule has 0 unspecified atom stereocenters. The average molecular weight is 346 g/mol. The molecule has 2 N–H and O–H groups in total. The number of nitrogens with zero attached hydrogens (tertiary/aromatic N) is 2. The number of anilines is 3. The monoisotopic (exact) mass is 346 g/mol. The van der Waals surface area contributed by atoms with Crippen LogP contribution in [0.25, 0.3) is 10.9 Å². The van der Waals surface area contributed by atoms with Crippen molar-refractivity contribution < 1.29 is 4.79 Å². The average Bonchev–Trinajstić information content (AvgIpc) is 3.15. The van der Waals surface area contributed by atoms with Gasteiger partial charge in [-0.3, -0.25) is 4.79 Å². The number of carbonyl (C=O) groups is 1. The summed E-state index contributed by atoms with van der Waals surface area (Å²) >= 11 is 0. The van der Waals surface area contributed by atoms with Crippen LogP contribution in [0.5, 0.6) is 0 Å². The molecule has 1 fully saturated rings. The molecule has 1 aliphatic rings. The van der Waals surface area contributed by atoms with Gasteiger partial charge in [0, 0.05) is 22.7 Å². The highest BCUT2D eigenvalue weighted by Gasteiger charge is 2.17. The number of nitrogens with one attached hydrogen (secondary N) is 2. The number of fused-ring (bicyclic) bond motifs is 1. The summed E-state index contributed by atoms with van der Waals surface area (Å²) in [6.45, 7) is 1.57. The first-order valence-corrected chi connectivity index (χ1v) is 9.10. The molecule has 26 heavy (non-hydrogen) atoms. The van der Waals surface area contributed by atoms with E-state index in [-0.39, 0.29) is 5.78 Å². The van der Waals surface area contributed by atoms with Crippen LogP contribution in [0.2, 0.25) is 0 Å². The lowest BCUT2D eigenvalue weighted by Gasteiger charge is -2.16. The molecule has 0 amide bonds. The van der Waals surface area contributed by atoms with Crippen molar-refractivity contribution in [1.29, 1.82) is 0 Å². The quantitative estimate of drug-likeness (QED) is 0.641. The summed E-state index contributed by atoms with van der Waals surface area (Å²) in [6.07, 6.45) is 4.92. The van der Waals surface area contributed by atoms with Crippen LogP contribution in [-0.2, 0) is 0 Å². The molecule has 0 bridgehead atoms. The van der Waals surface area contributed by atoms with Crippen molar-refractivity contribution in [2.45, 2.75) is 38.6 Å². The number of hydrogen-bond donors (Lipinski definition) is 2. The highest BCUT2D eigenvalue weighted by atomic mass is 16.1. The maximum Gasteiger partial charge on any atom is 0.229 e. The number of ketones is 1. The molecule has 0 spiro atoms. The second-order valence-electron chi connectivity index (χ2n) is 6.80. The van der Waals surface area contributed by atoms with Crippen molar-refractivity contribution in [3.8, 4) is 0 Å². The van der Waals surface area contributed by atoms with E-state index in [1.807, 2.05) is 42.5 Å². The Morgan fingerprint density at radius 3 is 2.46 bits per heavy atom. The van der Waals surface area contributed by atoms with Crippen molar-refractivity contribution in [2.75, 3.05) is 10.6 Å². The molecule has 2 aromatic carbocycles. The minimum atomic E-state index is 0.0570. The highest BCUT2D eigenvalue weighted by molar-refractivity contribution is 5.94.